The Bertz CT molecular complexity index is 344. The molecule has 0 amide bonds. The zero-order valence-electron chi connectivity index (χ0n) is 8.64. The predicted octanol–water partition coefficient (Wildman–Crippen LogP) is 3.55. The average Bonchev–Trinajstić information content (AvgIpc) is 2.25. The van der Waals surface area contributed by atoms with Gasteiger partial charge < -0.3 is 5.11 Å². The van der Waals surface area contributed by atoms with Crippen LogP contribution in [0.3, 0.4) is 0 Å². The zero-order valence-corrected chi connectivity index (χ0v) is 9.46. The quantitative estimate of drug-likeness (QED) is 0.611. The van der Waals surface area contributed by atoms with E-state index in [4.69, 9.17) is 5.11 Å². The van der Waals surface area contributed by atoms with E-state index in [2.05, 4.69) is 0 Å². The van der Waals surface area contributed by atoms with Crippen molar-refractivity contribution in [1.82, 2.24) is 0 Å². The summed E-state index contributed by atoms with van der Waals surface area (Å²) in [4.78, 5) is 11.9. The van der Waals surface area contributed by atoms with Crippen LogP contribution in [0.4, 0.5) is 0 Å². The molecule has 0 aliphatic rings. The lowest BCUT2D eigenvalue weighted by Gasteiger charge is -1.99. The molecule has 1 rings (SSSR count). The maximum atomic E-state index is 10.8. The largest absolute Gasteiger partial charge is 0.478 e. The number of carboxylic acid groups (broad SMARTS) is 1. The second-order valence-electron chi connectivity index (χ2n) is 3.13. The lowest BCUT2D eigenvalue weighted by atomic mass is 10.2. The summed E-state index contributed by atoms with van der Waals surface area (Å²) in [5.41, 5.74) is 0.478. The van der Waals surface area contributed by atoms with Crippen LogP contribution in [0, 0.1) is 0 Å². The second kappa shape index (κ2) is 6.30. The molecule has 0 aromatic heterocycles. The molecule has 0 unspecified atom stereocenters. The van der Waals surface area contributed by atoms with Crippen molar-refractivity contribution in [3.63, 3.8) is 0 Å². The van der Waals surface area contributed by atoms with E-state index in [1.165, 1.54) is 11.8 Å². The van der Waals surface area contributed by atoms with Gasteiger partial charge in [0.1, 0.15) is 0 Å². The maximum absolute atomic E-state index is 10.8. The fraction of sp³-hybridized carbons (Fsp3) is 0.250. The van der Waals surface area contributed by atoms with Gasteiger partial charge in [0.25, 0.3) is 0 Å². The average molecular weight is 222 g/mol. The molecule has 0 aliphatic heterocycles. The Labute approximate surface area is 94.0 Å². The Balaban J connectivity index is 2.65. The van der Waals surface area contributed by atoms with E-state index >= 15 is 0 Å². The van der Waals surface area contributed by atoms with E-state index < -0.39 is 5.97 Å². The zero-order chi connectivity index (χ0) is 11.1. The predicted molar refractivity (Wildman–Crippen MR) is 62.9 cm³/mol. The molecule has 0 heterocycles. The fourth-order valence-electron chi connectivity index (χ4n) is 1.12. The van der Waals surface area contributed by atoms with E-state index in [9.17, 15) is 4.79 Å². The lowest BCUT2D eigenvalue weighted by molar-refractivity contribution is -0.132. The smallest absolute Gasteiger partial charge is 0.332 e. The van der Waals surface area contributed by atoms with E-state index in [1.54, 1.807) is 5.41 Å². The van der Waals surface area contributed by atoms with E-state index in [1.807, 2.05) is 37.3 Å². The van der Waals surface area contributed by atoms with Crippen LogP contribution in [-0.4, -0.2) is 11.1 Å². The fourth-order valence-corrected chi connectivity index (χ4v) is 1.94. The summed E-state index contributed by atoms with van der Waals surface area (Å²) in [6.45, 7) is 1.98. The normalized spacial score (nSPS) is 11.4. The van der Waals surface area contributed by atoms with Gasteiger partial charge in [-0.1, -0.05) is 43.3 Å². The molecular weight excluding hydrogens is 208 g/mol. The highest BCUT2D eigenvalue weighted by molar-refractivity contribution is 8.02. The van der Waals surface area contributed by atoms with Gasteiger partial charge in [-0.15, -0.1) is 0 Å². The third-order valence-corrected chi connectivity index (χ3v) is 2.82. The molecule has 1 N–H and O–H groups in total. The van der Waals surface area contributed by atoms with Gasteiger partial charge >= 0.3 is 5.97 Å². The first-order valence-electron chi connectivity index (χ1n) is 4.88. The summed E-state index contributed by atoms with van der Waals surface area (Å²) in [5, 5.41) is 10.6. The summed E-state index contributed by atoms with van der Waals surface area (Å²) < 4.78 is 0. The van der Waals surface area contributed by atoms with Gasteiger partial charge in [0, 0.05) is 10.5 Å². The molecule has 80 valence electrons. The second-order valence-corrected chi connectivity index (χ2v) is 4.07. The van der Waals surface area contributed by atoms with Gasteiger partial charge in [-0.2, -0.15) is 0 Å². The molecule has 3 heteroatoms. The molecule has 15 heavy (non-hydrogen) atoms. The highest BCUT2D eigenvalue weighted by Gasteiger charge is 2.05. The minimum absolute atomic E-state index is 0.478. The summed E-state index contributed by atoms with van der Waals surface area (Å²) in [6.07, 6.45) is 1.47. The van der Waals surface area contributed by atoms with Gasteiger partial charge in [-0.25, -0.2) is 4.79 Å². The summed E-state index contributed by atoms with van der Waals surface area (Å²) in [5.74, 6) is -0.819. The minimum Gasteiger partial charge on any atom is -0.478 e. The van der Waals surface area contributed by atoms with Gasteiger partial charge in [0.2, 0.25) is 0 Å². The standard InChI is InChI=1S/C12H14O2S/c1-2-6-10(12(13)14)9-15-11-7-4-3-5-8-11/h3-5,7-9H,2,6H2,1H3,(H,13,14)/b10-9+. The van der Waals surface area contributed by atoms with Crippen LogP contribution in [-0.2, 0) is 4.79 Å². The number of aliphatic carboxylic acids is 1. The Kier molecular flexibility index (Phi) is 4.98. The summed E-state index contributed by atoms with van der Waals surface area (Å²) in [6, 6.07) is 9.75. The van der Waals surface area contributed by atoms with Crippen molar-refractivity contribution in [3.05, 3.63) is 41.3 Å². The molecule has 0 atom stereocenters. The molecule has 0 aliphatic carbocycles. The Hall–Kier alpha value is -1.22. The Morgan fingerprint density at radius 1 is 1.40 bits per heavy atom. The number of thioether (sulfide) groups is 1. The van der Waals surface area contributed by atoms with Crippen LogP contribution in [0.25, 0.3) is 0 Å². The van der Waals surface area contributed by atoms with Gasteiger partial charge in [0.15, 0.2) is 0 Å². The number of hydrogen-bond donors (Lipinski definition) is 1. The molecule has 0 saturated carbocycles. The Morgan fingerprint density at radius 2 is 2.07 bits per heavy atom. The van der Waals surface area contributed by atoms with Crippen molar-refractivity contribution < 1.29 is 9.90 Å². The number of benzene rings is 1. The molecule has 0 radical (unpaired) electrons. The van der Waals surface area contributed by atoms with Crippen LogP contribution in [0.1, 0.15) is 19.8 Å². The van der Waals surface area contributed by atoms with Crippen LogP contribution in [0.5, 0.6) is 0 Å². The van der Waals surface area contributed by atoms with Crippen molar-refractivity contribution >= 4 is 17.7 Å². The topological polar surface area (TPSA) is 37.3 Å². The van der Waals surface area contributed by atoms with Crippen molar-refractivity contribution in [3.8, 4) is 0 Å². The van der Waals surface area contributed by atoms with Crippen LogP contribution in [0.15, 0.2) is 46.2 Å². The maximum Gasteiger partial charge on any atom is 0.332 e. The van der Waals surface area contributed by atoms with E-state index in [0.717, 1.165) is 11.3 Å². The third kappa shape index (κ3) is 4.21. The van der Waals surface area contributed by atoms with Gasteiger partial charge in [0.05, 0.1) is 0 Å². The van der Waals surface area contributed by atoms with E-state index in [-0.39, 0.29) is 0 Å². The van der Waals surface area contributed by atoms with Crippen molar-refractivity contribution in [2.75, 3.05) is 0 Å². The molecular formula is C12H14O2S. The molecule has 0 bridgehead atoms. The van der Waals surface area contributed by atoms with Crippen LogP contribution >= 0.6 is 11.8 Å². The molecule has 0 fully saturated rings. The highest BCUT2D eigenvalue weighted by atomic mass is 32.2. The third-order valence-electron chi connectivity index (χ3n) is 1.87. The monoisotopic (exact) mass is 222 g/mol. The van der Waals surface area contributed by atoms with E-state index in [0.29, 0.717) is 12.0 Å². The first-order valence-corrected chi connectivity index (χ1v) is 5.76. The van der Waals surface area contributed by atoms with Crippen LogP contribution in [0.2, 0.25) is 0 Å². The lowest BCUT2D eigenvalue weighted by Crippen LogP contribution is -1.99. The van der Waals surface area contributed by atoms with Crippen LogP contribution < -0.4 is 0 Å². The molecule has 1 aromatic carbocycles. The molecule has 1 aromatic rings. The molecule has 0 spiro atoms. The number of rotatable bonds is 5. The highest BCUT2D eigenvalue weighted by Crippen LogP contribution is 2.21. The Morgan fingerprint density at radius 3 is 2.60 bits per heavy atom. The summed E-state index contributed by atoms with van der Waals surface area (Å²) >= 11 is 1.45. The van der Waals surface area contributed by atoms with Crippen molar-refractivity contribution in [1.29, 1.82) is 0 Å². The van der Waals surface area contributed by atoms with Gasteiger partial charge in [-0.05, 0) is 24.0 Å². The molecule has 2 nitrogen and oxygen atoms in total. The van der Waals surface area contributed by atoms with Crippen molar-refractivity contribution in [2.45, 2.75) is 24.7 Å². The SMILES string of the molecule is CCC/C(=C\Sc1ccccc1)C(=O)O. The summed E-state index contributed by atoms with van der Waals surface area (Å²) in [7, 11) is 0. The first kappa shape index (κ1) is 11.9. The van der Waals surface area contributed by atoms with Gasteiger partial charge in [-0.3, -0.25) is 0 Å². The van der Waals surface area contributed by atoms with Crippen molar-refractivity contribution in [2.24, 2.45) is 0 Å². The minimum atomic E-state index is -0.819. The number of carboxylic acids is 1. The number of carbonyl (C=O) groups is 1. The number of hydrogen-bond acceptors (Lipinski definition) is 2. The molecule has 0 saturated heterocycles. The first-order chi connectivity index (χ1) is 7.24.